The highest BCUT2D eigenvalue weighted by molar-refractivity contribution is 6.14. The maximum Gasteiger partial charge on any atom is 0.332 e. The number of amides is 3. The van der Waals surface area contributed by atoms with Crippen molar-refractivity contribution in [2.24, 2.45) is 0 Å². The highest BCUT2D eigenvalue weighted by Gasteiger charge is 2.44. The summed E-state index contributed by atoms with van der Waals surface area (Å²) in [6.07, 6.45) is -1.34. The molecule has 2 aromatic rings. The number of aliphatic hydroxyl groups excluding tert-OH is 1. The number of β-amino-alcohol motifs (C(OH)–C–C–N with tert-alkyl or cyclic N) is 1. The number of carbonyl (C=O) groups excluding carboxylic acids is 2. The van der Waals surface area contributed by atoms with E-state index in [0.29, 0.717) is 5.69 Å². The second kappa shape index (κ2) is 6.60. The molecule has 1 heterocycles. The first-order chi connectivity index (χ1) is 11.9. The van der Waals surface area contributed by atoms with E-state index in [1.54, 1.807) is 13.0 Å². The van der Waals surface area contributed by atoms with Crippen molar-refractivity contribution in [2.45, 2.75) is 19.1 Å². The van der Waals surface area contributed by atoms with Gasteiger partial charge in [-0.3, -0.25) is 14.6 Å². The maximum atomic E-state index is 13.8. The standard InChI is InChI=1S/C18H16F2N2O3/c1-11-17(24)21(10-16(23)14-4-2-3-5-15(14)20)18(25)22(11)13-8-6-12(19)7-9-13/h2-9,11,16,23H,10H2,1H3/t11-,16-/m0/s1. The Bertz CT molecular complexity index is 810. The molecular weight excluding hydrogens is 330 g/mol. The van der Waals surface area contributed by atoms with Crippen molar-refractivity contribution >= 4 is 17.6 Å². The SMILES string of the molecule is C[C@H]1C(=O)N(C[C@H](O)c2ccccc2F)C(=O)N1c1ccc(F)cc1. The number of imide groups is 1. The first-order valence-electron chi connectivity index (χ1n) is 7.72. The second-order valence-corrected chi connectivity index (χ2v) is 5.79. The predicted molar refractivity (Wildman–Crippen MR) is 86.8 cm³/mol. The van der Waals surface area contributed by atoms with Gasteiger partial charge in [-0.2, -0.15) is 0 Å². The molecule has 0 aliphatic carbocycles. The summed E-state index contributed by atoms with van der Waals surface area (Å²) >= 11 is 0. The monoisotopic (exact) mass is 346 g/mol. The van der Waals surface area contributed by atoms with E-state index in [-0.39, 0.29) is 12.1 Å². The van der Waals surface area contributed by atoms with E-state index >= 15 is 0 Å². The third-order valence-corrected chi connectivity index (χ3v) is 4.17. The Kier molecular flexibility index (Phi) is 4.50. The fourth-order valence-corrected chi connectivity index (χ4v) is 2.85. The molecule has 0 saturated carbocycles. The fraction of sp³-hybridized carbons (Fsp3) is 0.222. The van der Waals surface area contributed by atoms with Gasteiger partial charge in [0.2, 0.25) is 0 Å². The molecule has 2 atom stereocenters. The molecule has 3 rings (SSSR count). The molecule has 0 aromatic heterocycles. The number of hydrogen-bond donors (Lipinski definition) is 1. The lowest BCUT2D eigenvalue weighted by Gasteiger charge is -2.21. The number of rotatable bonds is 4. The minimum atomic E-state index is -1.34. The van der Waals surface area contributed by atoms with Crippen LogP contribution in [0.25, 0.3) is 0 Å². The van der Waals surface area contributed by atoms with Crippen LogP contribution in [0.1, 0.15) is 18.6 Å². The van der Waals surface area contributed by atoms with E-state index in [4.69, 9.17) is 0 Å². The van der Waals surface area contributed by atoms with Gasteiger partial charge in [0, 0.05) is 11.3 Å². The lowest BCUT2D eigenvalue weighted by atomic mass is 10.1. The van der Waals surface area contributed by atoms with Crippen LogP contribution in [0, 0.1) is 11.6 Å². The van der Waals surface area contributed by atoms with Gasteiger partial charge in [0.05, 0.1) is 12.6 Å². The van der Waals surface area contributed by atoms with Crippen LogP contribution in [0.3, 0.4) is 0 Å². The van der Waals surface area contributed by atoms with Crippen LogP contribution in [0.2, 0.25) is 0 Å². The van der Waals surface area contributed by atoms with Gasteiger partial charge in [-0.1, -0.05) is 18.2 Å². The van der Waals surface area contributed by atoms with E-state index < -0.39 is 35.7 Å². The van der Waals surface area contributed by atoms with Gasteiger partial charge in [-0.05, 0) is 37.3 Å². The van der Waals surface area contributed by atoms with Gasteiger partial charge in [-0.15, -0.1) is 0 Å². The summed E-state index contributed by atoms with van der Waals surface area (Å²) in [4.78, 5) is 27.1. The molecule has 0 spiro atoms. The average Bonchev–Trinajstić information content (AvgIpc) is 2.80. The summed E-state index contributed by atoms with van der Waals surface area (Å²) in [5.74, 6) is -1.58. The lowest BCUT2D eigenvalue weighted by molar-refractivity contribution is -0.128. The molecule has 1 fully saturated rings. The van der Waals surface area contributed by atoms with Crippen LogP contribution in [0.15, 0.2) is 48.5 Å². The molecule has 0 unspecified atom stereocenters. The third kappa shape index (κ3) is 3.10. The van der Waals surface area contributed by atoms with Crippen molar-refractivity contribution in [3.63, 3.8) is 0 Å². The van der Waals surface area contributed by atoms with Crippen molar-refractivity contribution in [3.05, 3.63) is 65.7 Å². The van der Waals surface area contributed by atoms with Crippen LogP contribution >= 0.6 is 0 Å². The van der Waals surface area contributed by atoms with Crippen LogP contribution in [0.4, 0.5) is 19.3 Å². The molecule has 0 bridgehead atoms. The Morgan fingerprint density at radius 3 is 2.36 bits per heavy atom. The van der Waals surface area contributed by atoms with E-state index in [9.17, 15) is 23.5 Å². The predicted octanol–water partition coefficient (Wildman–Crippen LogP) is 2.86. The van der Waals surface area contributed by atoms with Crippen LogP contribution in [-0.2, 0) is 4.79 Å². The zero-order valence-electron chi connectivity index (χ0n) is 13.4. The Morgan fingerprint density at radius 1 is 1.08 bits per heavy atom. The molecule has 3 amide bonds. The summed E-state index contributed by atoms with van der Waals surface area (Å²) in [7, 11) is 0. The van der Waals surface area contributed by atoms with Gasteiger partial charge in [0.25, 0.3) is 5.91 Å². The molecule has 2 aromatic carbocycles. The quantitative estimate of drug-likeness (QED) is 0.866. The molecule has 1 aliphatic heterocycles. The molecule has 25 heavy (non-hydrogen) atoms. The molecule has 1 aliphatic rings. The van der Waals surface area contributed by atoms with Crippen LogP contribution < -0.4 is 4.90 Å². The molecule has 1 saturated heterocycles. The lowest BCUT2D eigenvalue weighted by Crippen LogP contribution is -2.36. The molecule has 130 valence electrons. The van der Waals surface area contributed by atoms with Gasteiger partial charge in [0.15, 0.2) is 0 Å². The number of benzene rings is 2. The second-order valence-electron chi connectivity index (χ2n) is 5.79. The molecule has 5 nitrogen and oxygen atoms in total. The summed E-state index contributed by atoms with van der Waals surface area (Å²) in [5, 5.41) is 10.2. The Balaban J connectivity index is 1.83. The Labute approximate surface area is 143 Å². The number of urea groups is 1. The third-order valence-electron chi connectivity index (χ3n) is 4.17. The van der Waals surface area contributed by atoms with E-state index in [1.165, 1.54) is 47.4 Å². The molecular formula is C18H16F2N2O3. The van der Waals surface area contributed by atoms with E-state index in [1.807, 2.05) is 0 Å². The molecule has 7 heteroatoms. The summed E-state index contributed by atoms with van der Waals surface area (Å²) in [6.45, 7) is 1.18. The average molecular weight is 346 g/mol. The maximum absolute atomic E-state index is 13.8. The first kappa shape index (κ1) is 17.0. The number of carbonyl (C=O) groups is 2. The largest absolute Gasteiger partial charge is 0.386 e. The number of anilines is 1. The van der Waals surface area contributed by atoms with Crippen molar-refractivity contribution in [2.75, 3.05) is 11.4 Å². The minimum Gasteiger partial charge on any atom is -0.386 e. The van der Waals surface area contributed by atoms with Crippen LogP contribution in [0.5, 0.6) is 0 Å². The van der Waals surface area contributed by atoms with E-state index in [0.717, 1.165) is 4.90 Å². The topological polar surface area (TPSA) is 60.9 Å². The summed E-state index contributed by atoms with van der Waals surface area (Å²) < 4.78 is 26.8. The summed E-state index contributed by atoms with van der Waals surface area (Å²) in [5.41, 5.74) is 0.381. The van der Waals surface area contributed by atoms with Crippen LogP contribution in [-0.4, -0.2) is 34.5 Å². The first-order valence-corrected chi connectivity index (χ1v) is 7.72. The van der Waals surface area contributed by atoms with Gasteiger partial charge >= 0.3 is 6.03 Å². The zero-order valence-corrected chi connectivity index (χ0v) is 13.4. The molecule has 1 N–H and O–H groups in total. The zero-order chi connectivity index (χ0) is 18.1. The van der Waals surface area contributed by atoms with Gasteiger partial charge in [0.1, 0.15) is 17.7 Å². The highest BCUT2D eigenvalue weighted by atomic mass is 19.1. The molecule has 0 radical (unpaired) electrons. The Morgan fingerprint density at radius 2 is 1.72 bits per heavy atom. The smallest absolute Gasteiger partial charge is 0.332 e. The van der Waals surface area contributed by atoms with Crippen molar-refractivity contribution in [1.29, 1.82) is 0 Å². The van der Waals surface area contributed by atoms with Crippen molar-refractivity contribution in [1.82, 2.24) is 4.90 Å². The van der Waals surface area contributed by atoms with E-state index in [2.05, 4.69) is 0 Å². The minimum absolute atomic E-state index is 0.0102. The Hall–Kier alpha value is -2.80. The number of nitrogens with zero attached hydrogens (tertiary/aromatic N) is 2. The number of aliphatic hydroxyl groups is 1. The summed E-state index contributed by atoms with van der Waals surface area (Å²) in [6, 6.07) is 9.37. The number of halogens is 2. The van der Waals surface area contributed by atoms with Crippen molar-refractivity contribution < 1.29 is 23.5 Å². The number of hydrogen-bond acceptors (Lipinski definition) is 3. The normalized spacial score (nSPS) is 18.8. The highest BCUT2D eigenvalue weighted by Crippen LogP contribution is 2.28. The van der Waals surface area contributed by atoms with Crippen molar-refractivity contribution in [3.8, 4) is 0 Å². The fourth-order valence-electron chi connectivity index (χ4n) is 2.85. The van der Waals surface area contributed by atoms with Gasteiger partial charge in [-0.25, -0.2) is 13.6 Å². The van der Waals surface area contributed by atoms with Gasteiger partial charge < -0.3 is 5.11 Å².